The van der Waals surface area contributed by atoms with Crippen LogP contribution in [0.1, 0.15) is 5.56 Å². The van der Waals surface area contributed by atoms with E-state index in [2.05, 4.69) is 19.1 Å². The van der Waals surface area contributed by atoms with Crippen molar-refractivity contribution in [3.05, 3.63) is 22.4 Å². The average Bonchev–Trinajstić information content (AvgIpc) is 2.86. The fraction of sp³-hybridized carbons (Fsp3) is 0.125. The molecule has 5 nitrogen and oxygen atoms in total. The Morgan fingerprint density at radius 3 is 3.13 bits per heavy atom. The molecule has 0 saturated carbocycles. The molecule has 15 heavy (non-hydrogen) atoms. The number of hydrogen-bond acceptors (Lipinski definition) is 7. The number of fused-ring (bicyclic) bond motifs is 1. The third-order valence-corrected chi connectivity index (χ3v) is 3.38. The molecule has 0 amide bonds. The Kier molecular flexibility index (Phi) is 2.00. The van der Waals surface area contributed by atoms with Crippen molar-refractivity contribution in [1.82, 2.24) is 4.72 Å². The van der Waals surface area contributed by atoms with Crippen LogP contribution in [0, 0.1) is 0 Å². The number of nitrogens with one attached hydrogen (secondary N) is 1. The van der Waals surface area contributed by atoms with Crippen molar-refractivity contribution in [3.63, 3.8) is 0 Å². The normalized spacial score (nSPS) is 23.7. The summed E-state index contributed by atoms with van der Waals surface area (Å²) in [5.41, 5.74) is 6.77. The second kappa shape index (κ2) is 3.35. The predicted octanol–water partition coefficient (Wildman–Crippen LogP) is 0.799. The van der Waals surface area contributed by atoms with Crippen LogP contribution >= 0.6 is 23.5 Å². The van der Waals surface area contributed by atoms with E-state index in [1.807, 2.05) is 16.8 Å². The van der Waals surface area contributed by atoms with Crippen LogP contribution in [0.3, 0.4) is 0 Å². The Morgan fingerprint density at radius 2 is 2.40 bits per heavy atom. The first kappa shape index (κ1) is 8.93. The third kappa shape index (κ3) is 1.44. The molecule has 76 valence electrons. The second-order valence-electron chi connectivity index (χ2n) is 3.07. The van der Waals surface area contributed by atoms with E-state index in [4.69, 9.17) is 5.73 Å². The summed E-state index contributed by atoms with van der Waals surface area (Å²) in [6.45, 7) is 0. The van der Waals surface area contributed by atoms with Crippen molar-refractivity contribution in [2.45, 2.75) is 6.04 Å². The molecule has 3 rings (SSSR count). The molecular formula is C8H7N5S2. The maximum absolute atomic E-state index is 5.74. The quantitative estimate of drug-likeness (QED) is 0.709. The second-order valence-corrected chi connectivity index (χ2v) is 4.42. The highest BCUT2D eigenvalue weighted by Crippen LogP contribution is 2.18. The van der Waals surface area contributed by atoms with E-state index in [0.717, 1.165) is 17.2 Å². The van der Waals surface area contributed by atoms with Gasteiger partial charge >= 0.3 is 0 Å². The number of nitrogens with two attached hydrogens (primary N) is 1. The van der Waals surface area contributed by atoms with Gasteiger partial charge < -0.3 is 5.73 Å². The Labute approximate surface area is 94.5 Å². The lowest BCUT2D eigenvalue weighted by atomic mass is 10.3. The molecule has 2 aliphatic rings. The molecule has 0 spiro atoms. The molecule has 0 bridgehead atoms. The van der Waals surface area contributed by atoms with E-state index in [0.29, 0.717) is 5.84 Å². The summed E-state index contributed by atoms with van der Waals surface area (Å²) in [5.74, 6) is 2.00. The van der Waals surface area contributed by atoms with Crippen LogP contribution in [0.2, 0.25) is 0 Å². The molecule has 1 aromatic heterocycles. The van der Waals surface area contributed by atoms with Crippen LogP contribution < -0.4 is 10.5 Å². The van der Waals surface area contributed by atoms with E-state index in [-0.39, 0.29) is 6.04 Å². The third-order valence-electron chi connectivity index (χ3n) is 2.10. The van der Waals surface area contributed by atoms with Crippen molar-refractivity contribution in [2.75, 3.05) is 0 Å². The van der Waals surface area contributed by atoms with Crippen LogP contribution in [-0.2, 0) is 0 Å². The van der Waals surface area contributed by atoms with E-state index < -0.39 is 0 Å². The number of hydrogen-bond donors (Lipinski definition) is 2. The highest BCUT2D eigenvalue weighted by molar-refractivity contribution is 7.96. The minimum atomic E-state index is -0.221. The van der Waals surface area contributed by atoms with Crippen LogP contribution in [0.15, 0.2) is 31.2 Å². The van der Waals surface area contributed by atoms with E-state index in [1.165, 1.54) is 12.1 Å². The average molecular weight is 237 g/mol. The lowest BCUT2D eigenvalue weighted by Crippen LogP contribution is -2.41. The fourth-order valence-electron chi connectivity index (χ4n) is 1.38. The van der Waals surface area contributed by atoms with Crippen LogP contribution in [0.4, 0.5) is 0 Å². The predicted molar refractivity (Wildman–Crippen MR) is 64.4 cm³/mol. The van der Waals surface area contributed by atoms with Gasteiger partial charge in [0.15, 0.2) is 11.9 Å². The number of aliphatic imine (C=N–C) groups is 2. The first-order valence-electron chi connectivity index (χ1n) is 4.29. The Bertz CT molecular complexity index is 473. The molecule has 0 aliphatic carbocycles. The smallest absolute Gasteiger partial charge is 0.168 e. The van der Waals surface area contributed by atoms with Gasteiger partial charge in [0.05, 0.1) is 12.1 Å². The van der Waals surface area contributed by atoms with Gasteiger partial charge in [-0.25, -0.2) is 9.98 Å². The molecule has 0 radical (unpaired) electrons. The van der Waals surface area contributed by atoms with E-state index in [1.54, 1.807) is 11.3 Å². The van der Waals surface area contributed by atoms with Gasteiger partial charge in [0, 0.05) is 10.9 Å². The zero-order chi connectivity index (χ0) is 10.3. The lowest BCUT2D eigenvalue weighted by molar-refractivity contribution is 1.10. The van der Waals surface area contributed by atoms with Crippen molar-refractivity contribution in [2.24, 2.45) is 20.1 Å². The summed E-state index contributed by atoms with van der Waals surface area (Å²) in [7, 11) is 0. The summed E-state index contributed by atoms with van der Waals surface area (Å²) in [6.07, 6.45) is 0. The minimum absolute atomic E-state index is 0.221. The van der Waals surface area contributed by atoms with Gasteiger partial charge in [-0.05, 0) is 11.4 Å². The van der Waals surface area contributed by atoms with Gasteiger partial charge in [-0.3, -0.25) is 4.72 Å². The molecule has 7 heteroatoms. The first-order valence-corrected chi connectivity index (χ1v) is 6.00. The van der Waals surface area contributed by atoms with E-state index >= 15 is 0 Å². The standard InChI is InChI=1S/C8H7N5S2/c9-6-5-8(13-15-12-6)11-7(10-5)4-1-2-14-3-4/h1-3,5H,(H2,9,12)(H,10,11,13). The van der Waals surface area contributed by atoms with Crippen molar-refractivity contribution in [1.29, 1.82) is 0 Å². The highest BCUT2D eigenvalue weighted by atomic mass is 32.2. The molecular weight excluding hydrogens is 230 g/mol. The molecule has 3 N–H and O–H groups in total. The fourth-order valence-corrected chi connectivity index (χ4v) is 2.51. The van der Waals surface area contributed by atoms with Crippen LogP contribution in [-0.4, -0.2) is 23.5 Å². The summed E-state index contributed by atoms with van der Waals surface area (Å²) < 4.78 is 6.99. The Hall–Kier alpha value is -1.34. The van der Waals surface area contributed by atoms with E-state index in [9.17, 15) is 0 Å². The summed E-state index contributed by atoms with van der Waals surface area (Å²) in [4.78, 5) is 8.80. The van der Waals surface area contributed by atoms with Crippen molar-refractivity contribution >= 4 is 41.0 Å². The Balaban J connectivity index is 2.00. The topological polar surface area (TPSA) is 75.1 Å². The zero-order valence-electron chi connectivity index (χ0n) is 7.54. The van der Waals surface area contributed by atoms with Crippen molar-refractivity contribution in [3.8, 4) is 0 Å². The highest BCUT2D eigenvalue weighted by Gasteiger charge is 2.29. The van der Waals surface area contributed by atoms with Gasteiger partial charge in [0.25, 0.3) is 0 Å². The van der Waals surface area contributed by atoms with Crippen molar-refractivity contribution < 1.29 is 0 Å². The monoisotopic (exact) mass is 237 g/mol. The van der Waals surface area contributed by atoms with Gasteiger partial charge in [-0.1, -0.05) is 0 Å². The summed E-state index contributed by atoms with van der Waals surface area (Å²) in [5, 5.41) is 4.01. The number of amidine groups is 3. The largest absolute Gasteiger partial charge is 0.384 e. The van der Waals surface area contributed by atoms with Crippen LogP contribution in [0.5, 0.6) is 0 Å². The van der Waals surface area contributed by atoms with Gasteiger partial charge in [-0.2, -0.15) is 15.7 Å². The Morgan fingerprint density at radius 1 is 1.47 bits per heavy atom. The molecule has 1 atom stereocenters. The molecule has 2 aliphatic heterocycles. The number of rotatable bonds is 1. The van der Waals surface area contributed by atoms with Gasteiger partial charge in [0.1, 0.15) is 11.7 Å². The maximum atomic E-state index is 5.74. The minimum Gasteiger partial charge on any atom is -0.384 e. The molecule has 0 aromatic carbocycles. The van der Waals surface area contributed by atoms with Crippen LogP contribution in [0.25, 0.3) is 0 Å². The maximum Gasteiger partial charge on any atom is 0.168 e. The summed E-state index contributed by atoms with van der Waals surface area (Å²) >= 11 is 2.81. The molecule has 0 fully saturated rings. The molecule has 1 aromatic rings. The number of nitrogens with zero attached hydrogens (tertiary/aromatic N) is 3. The molecule has 3 heterocycles. The number of thiophene rings is 1. The van der Waals surface area contributed by atoms with Gasteiger partial charge in [-0.15, -0.1) is 0 Å². The molecule has 1 unspecified atom stereocenters. The first-order chi connectivity index (χ1) is 7.34. The lowest BCUT2D eigenvalue weighted by Gasteiger charge is -2.14. The molecule has 0 saturated heterocycles. The SMILES string of the molecule is NC1=NSNC2=NC(c3ccsc3)=NC12. The summed E-state index contributed by atoms with van der Waals surface area (Å²) in [6, 6.07) is 1.77. The van der Waals surface area contributed by atoms with Gasteiger partial charge in [0.2, 0.25) is 0 Å². The zero-order valence-corrected chi connectivity index (χ0v) is 9.18.